The largest absolute Gasteiger partial charge is 0.481 e. The molecule has 0 amide bonds. The van der Waals surface area contributed by atoms with Crippen LogP contribution in [0.25, 0.3) is 5.65 Å². The second-order valence-corrected chi connectivity index (χ2v) is 5.26. The van der Waals surface area contributed by atoms with E-state index in [1.165, 1.54) is 0 Å². The predicted octanol–water partition coefficient (Wildman–Crippen LogP) is 3.29. The molecule has 0 fully saturated rings. The lowest BCUT2D eigenvalue weighted by molar-refractivity contribution is 0.397. The minimum atomic E-state index is 0.353. The van der Waals surface area contributed by atoms with Crippen LogP contribution in [0.3, 0.4) is 0 Å². The van der Waals surface area contributed by atoms with Crippen molar-refractivity contribution in [2.24, 2.45) is 0 Å². The van der Waals surface area contributed by atoms with E-state index in [0.717, 1.165) is 22.9 Å². The number of hydrogen-bond donors (Lipinski definition) is 0. The highest BCUT2D eigenvalue weighted by Crippen LogP contribution is 2.26. The number of fused-ring (bicyclic) bond motifs is 1. The van der Waals surface area contributed by atoms with Crippen molar-refractivity contribution < 1.29 is 4.74 Å². The van der Waals surface area contributed by atoms with Gasteiger partial charge in [-0.1, -0.05) is 27.7 Å². The van der Waals surface area contributed by atoms with Crippen LogP contribution >= 0.6 is 0 Å². The second kappa shape index (κ2) is 4.59. The maximum Gasteiger partial charge on any atom is 0.216 e. The summed E-state index contributed by atoms with van der Waals surface area (Å²) in [6.45, 7) is 10.7. The fourth-order valence-electron chi connectivity index (χ4n) is 2.16. The van der Waals surface area contributed by atoms with E-state index < -0.39 is 0 Å². The minimum Gasteiger partial charge on any atom is -0.481 e. The van der Waals surface area contributed by atoms with Gasteiger partial charge in [0.15, 0.2) is 5.65 Å². The summed E-state index contributed by atoms with van der Waals surface area (Å²) in [5, 5.41) is 0. The molecular formula is C14H21N3O. The molecule has 18 heavy (non-hydrogen) atoms. The Hall–Kier alpha value is -1.58. The molecule has 4 nitrogen and oxygen atoms in total. The molecule has 2 aromatic rings. The lowest BCUT2D eigenvalue weighted by Crippen LogP contribution is -2.02. The number of aryl methyl sites for hydroxylation is 1. The summed E-state index contributed by atoms with van der Waals surface area (Å²) in [5.41, 5.74) is 3.08. The van der Waals surface area contributed by atoms with Gasteiger partial charge >= 0.3 is 0 Å². The molecule has 0 aliphatic carbocycles. The van der Waals surface area contributed by atoms with Crippen LogP contribution < -0.4 is 4.74 Å². The fraction of sp³-hybridized carbons (Fsp3) is 0.571. The smallest absolute Gasteiger partial charge is 0.216 e. The summed E-state index contributed by atoms with van der Waals surface area (Å²) in [4.78, 5) is 9.33. The third-order valence-corrected chi connectivity index (χ3v) is 3.08. The topological polar surface area (TPSA) is 39.4 Å². The molecule has 2 aromatic heterocycles. The number of hydrogen-bond acceptors (Lipinski definition) is 3. The van der Waals surface area contributed by atoms with Gasteiger partial charge in [0, 0.05) is 17.7 Å². The van der Waals surface area contributed by atoms with E-state index >= 15 is 0 Å². The first-order chi connectivity index (χ1) is 8.45. The molecule has 0 aliphatic heterocycles. The van der Waals surface area contributed by atoms with Crippen LogP contribution in [0, 0.1) is 6.92 Å². The third-order valence-electron chi connectivity index (χ3n) is 3.08. The predicted molar refractivity (Wildman–Crippen MR) is 72.5 cm³/mol. The molecule has 2 heterocycles. The van der Waals surface area contributed by atoms with Gasteiger partial charge in [-0.2, -0.15) is 4.98 Å². The molecule has 0 aromatic carbocycles. The first-order valence-corrected chi connectivity index (χ1v) is 6.39. The van der Waals surface area contributed by atoms with Crippen LogP contribution in [0.5, 0.6) is 5.88 Å². The van der Waals surface area contributed by atoms with E-state index in [1.54, 1.807) is 7.11 Å². The zero-order valence-corrected chi connectivity index (χ0v) is 12.0. The maximum atomic E-state index is 5.26. The van der Waals surface area contributed by atoms with Gasteiger partial charge in [0.05, 0.1) is 12.8 Å². The van der Waals surface area contributed by atoms with E-state index in [9.17, 15) is 0 Å². The summed E-state index contributed by atoms with van der Waals surface area (Å²) < 4.78 is 7.40. The van der Waals surface area contributed by atoms with Crippen LogP contribution in [0.1, 0.15) is 56.7 Å². The molecule has 2 rings (SSSR count). The normalized spacial score (nSPS) is 11.8. The molecule has 0 bridgehead atoms. The van der Waals surface area contributed by atoms with Gasteiger partial charge in [0.1, 0.15) is 5.82 Å². The molecule has 0 saturated heterocycles. The Morgan fingerprint density at radius 3 is 2.28 bits per heavy atom. The van der Waals surface area contributed by atoms with E-state index in [0.29, 0.717) is 17.7 Å². The molecule has 0 atom stereocenters. The number of ether oxygens (including phenoxy) is 1. The van der Waals surface area contributed by atoms with Gasteiger partial charge in [-0.3, -0.25) is 4.40 Å². The number of nitrogens with zero attached hydrogens (tertiary/aromatic N) is 3. The molecular weight excluding hydrogens is 226 g/mol. The highest BCUT2D eigenvalue weighted by molar-refractivity contribution is 5.51. The highest BCUT2D eigenvalue weighted by atomic mass is 16.5. The zero-order chi connectivity index (χ0) is 13.4. The minimum absolute atomic E-state index is 0.353. The number of methoxy groups -OCH3 is 1. The molecule has 0 saturated carbocycles. The van der Waals surface area contributed by atoms with Gasteiger partial charge in [-0.25, -0.2) is 4.98 Å². The molecule has 0 spiro atoms. The summed E-state index contributed by atoms with van der Waals surface area (Å²) >= 11 is 0. The van der Waals surface area contributed by atoms with Gasteiger partial charge < -0.3 is 4.74 Å². The Bertz CT molecular complexity index is 570. The molecule has 0 N–H and O–H groups in total. The van der Waals surface area contributed by atoms with Gasteiger partial charge in [0.2, 0.25) is 5.88 Å². The molecule has 0 aliphatic rings. The van der Waals surface area contributed by atoms with E-state index in [-0.39, 0.29) is 0 Å². The van der Waals surface area contributed by atoms with Crippen LogP contribution in [-0.4, -0.2) is 21.5 Å². The van der Waals surface area contributed by atoms with E-state index in [1.807, 2.05) is 6.07 Å². The lowest BCUT2D eigenvalue weighted by atomic mass is 10.1. The highest BCUT2D eigenvalue weighted by Gasteiger charge is 2.19. The Balaban J connectivity index is 2.82. The molecule has 98 valence electrons. The average molecular weight is 247 g/mol. The van der Waals surface area contributed by atoms with Gasteiger partial charge in [0.25, 0.3) is 0 Å². The second-order valence-electron chi connectivity index (χ2n) is 5.26. The summed E-state index contributed by atoms with van der Waals surface area (Å²) in [5.74, 6) is 2.45. The molecule has 4 heteroatoms. The standard InChI is InChI=1S/C14H21N3O/c1-8(2)12-14-15-11(18-6)7-10(5)17(14)13(16-12)9(3)4/h7-9H,1-6H3. The Kier molecular flexibility index (Phi) is 3.28. The van der Waals surface area contributed by atoms with Gasteiger partial charge in [-0.15, -0.1) is 0 Å². The Morgan fingerprint density at radius 1 is 1.11 bits per heavy atom. The van der Waals surface area contributed by atoms with Gasteiger partial charge in [-0.05, 0) is 12.8 Å². The van der Waals surface area contributed by atoms with Crippen molar-refractivity contribution >= 4 is 5.65 Å². The third kappa shape index (κ3) is 1.96. The maximum absolute atomic E-state index is 5.26. The van der Waals surface area contributed by atoms with Crippen molar-refractivity contribution in [3.05, 3.63) is 23.3 Å². The number of imidazole rings is 1. The van der Waals surface area contributed by atoms with Crippen LogP contribution in [0.2, 0.25) is 0 Å². The summed E-state index contributed by atoms with van der Waals surface area (Å²) in [6.07, 6.45) is 0. The van der Waals surface area contributed by atoms with Crippen LogP contribution in [-0.2, 0) is 0 Å². The van der Waals surface area contributed by atoms with E-state index in [4.69, 9.17) is 9.72 Å². The van der Waals surface area contributed by atoms with Crippen molar-refractivity contribution in [1.82, 2.24) is 14.4 Å². The van der Waals surface area contributed by atoms with Crippen LogP contribution in [0.4, 0.5) is 0 Å². The number of rotatable bonds is 3. The van der Waals surface area contributed by atoms with Crippen molar-refractivity contribution in [3.63, 3.8) is 0 Å². The Morgan fingerprint density at radius 2 is 1.78 bits per heavy atom. The molecule has 0 radical (unpaired) electrons. The first-order valence-electron chi connectivity index (χ1n) is 6.39. The first kappa shape index (κ1) is 12.9. The Labute approximate surface area is 108 Å². The summed E-state index contributed by atoms with van der Waals surface area (Å²) in [6, 6.07) is 1.95. The average Bonchev–Trinajstić information content (AvgIpc) is 2.68. The van der Waals surface area contributed by atoms with Crippen molar-refractivity contribution in [1.29, 1.82) is 0 Å². The van der Waals surface area contributed by atoms with Crippen molar-refractivity contribution in [2.75, 3.05) is 7.11 Å². The van der Waals surface area contributed by atoms with Crippen LogP contribution in [0.15, 0.2) is 6.07 Å². The quantitative estimate of drug-likeness (QED) is 0.835. The number of aromatic nitrogens is 3. The van der Waals surface area contributed by atoms with Crippen molar-refractivity contribution in [2.45, 2.75) is 46.5 Å². The summed E-state index contributed by atoms with van der Waals surface area (Å²) in [7, 11) is 1.65. The van der Waals surface area contributed by atoms with E-state index in [2.05, 4.69) is 44.0 Å². The lowest BCUT2D eigenvalue weighted by Gasteiger charge is -2.09. The van der Waals surface area contributed by atoms with Crippen molar-refractivity contribution in [3.8, 4) is 5.88 Å². The fourth-order valence-corrected chi connectivity index (χ4v) is 2.16. The molecule has 0 unspecified atom stereocenters. The zero-order valence-electron chi connectivity index (χ0n) is 12.0. The monoisotopic (exact) mass is 247 g/mol. The SMILES string of the molecule is COc1cc(C)n2c(C(C)C)nc(C(C)C)c2n1.